The first-order valence-electron chi connectivity index (χ1n) is 9.95. The SMILES string of the molecule is O=C(Cc1ccccc1)N[C@@H]1C(=O)N2C(C(=O)OCc3ccc([N+](=O)[O-])cc3)=C(O)CS[C@H]12. The van der Waals surface area contributed by atoms with Gasteiger partial charge in [-0.25, -0.2) is 4.79 Å². The van der Waals surface area contributed by atoms with Crippen LogP contribution in [-0.2, 0) is 32.1 Å². The third-order valence-electron chi connectivity index (χ3n) is 5.18. The Hall–Kier alpha value is -3.86. The lowest BCUT2D eigenvalue weighted by Gasteiger charge is -2.48. The fourth-order valence-electron chi connectivity index (χ4n) is 3.53. The summed E-state index contributed by atoms with van der Waals surface area (Å²) < 4.78 is 5.22. The van der Waals surface area contributed by atoms with Gasteiger partial charge in [0.25, 0.3) is 11.6 Å². The molecule has 11 heteroatoms. The van der Waals surface area contributed by atoms with Gasteiger partial charge in [-0.3, -0.25) is 24.6 Å². The number of fused-ring (bicyclic) bond motifs is 1. The lowest BCUT2D eigenvalue weighted by atomic mass is 10.0. The van der Waals surface area contributed by atoms with Crippen LogP contribution in [-0.4, -0.2) is 49.9 Å². The van der Waals surface area contributed by atoms with Crippen molar-refractivity contribution in [1.82, 2.24) is 10.2 Å². The van der Waals surface area contributed by atoms with E-state index in [1.165, 1.54) is 36.0 Å². The van der Waals surface area contributed by atoms with Crippen LogP contribution in [0.3, 0.4) is 0 Å². The summed E-state index contributed by atoms with van der Waals surface area (Å²) in [5.41, 5.74) is 0.975. The predicted octanol–water partition coefficient (Wildman–Crippen LogP) is 2.05. The van der Waals surface area contributed by atoms with E-state index in [2.05, 4.69) is 5.32 Å². The molecule has 33 heavy (non-hydrogen) atoms. The summed E-state index contributed by atoms with van der Waals surface area (Å²) >= 11 is 1.23. The Labute approximate surface area is 192 Å². The van der Waals surface area contributed by atoms with Crippen molar-refractivity contribution in [2.45, 2.75) is 24.4 Å². The number of hydrogen-bond donors (Lipinski definition) is 2. The summed E-state index contributed by atoms with van der Waals surface area (Å²) in [5.74, 6) is -1.92. The van der Waals surface area contributed by atoms with E-state index in [1.807, 2.05) is 30.3 Å². The molecule has 1 fully saturated rings. The van der Waals surface area contributed by atoms with Gasteiger partial charge in [0.2, 0.25) is 5.91 Å². The zero-order chi connectivity index (χ0) is 23.5. The van der Waals surface area contributed by atoms with Crippen molar-refractivity contribution in [3.63, 3.8) is 0 Å². The average molecular weight is 469 g/mol. The molecule has 2 heterocycles. The third kappa shape index (κ3) is 4.67. The summed E-state index contributed by atoms with van der Waals surface area (Å²) in [6.07, 6.45) is 0.118. The van der Waals surface area contributed by atoms with E-state index in [-0.39, 0.29) is 41.8 Å². The number of nitro groups is 1. The number of carbonyl (C=O) groups is 3. The van der Waals surface area contributed by atoms with Crippen LogP contribution in [0.2, 0.25) is 0 Å². The fraction of sp³-hybridized carbons (Fsp3) is 0.227. The van der Waals surface area contributed by atoms with Crippen LogP contribution in [0.1, 0.15) is 11.1 Å². The summed E-state index contributed by atoms with van der Waals surface area (Å²) in [7, 11) is 0. The number of nitrogens with one attached hydrogen (secondary N) is 1. The molecule has 0 aromatic heterocycles. The zero-order valence-corrected chi connectivity index (χ0v) is 18.0. The molecule has 2 aliphatic heterocycles. The van der Waals surface area contributed by atoms with Gasteiger partial charge in [-0.15, -0.1) is 11.8 Å². The van der Waals surface area contributed by atoms with E-state index in [4.69, 9.17) is 4.74 Å². The number of hydrogen-bond acceptors (Lipinski definition) is 8. The van der Waals surface area contributed by atoms with Crippen molar-refractivity contribution in [3.8, 4) is 0 Å². The van der Waals surface area contributed by atoms with Crippen LogP contribution < -0.4 is 5.32 Å². The minimum Gasteiger partial charge on any atom is -0.509 e. The van der Waals surface area contributed by atoms with Gasteiger partial charge in [0.1, 0.15) is 23.8 Å². The number of amides is 2. The molecule has 0 saturated carbocycles. The van der Waals surface area contributed by atoms with E-state index in [0.29, 0.717) is 5.56 Å². The molecule has 170 valence electrons. The number of benzene rings is 2. The molecule has 10 nitrogen and oxygen atoms in total. The number of thioether (sulfide) groups is 1. The topological polar surface area (TPSA) is 139 Å². The number of ether oxygens (including phenoxy) is 1. The quantitative estimate of drug-likeness (QED) is 0.272. The van der Waals surface area contributed by atoms with Crippen LogP contribution in [0.15, 0.2) is 66.1 Å². The van der Waals surface area contributed by atoms with Gasteiger partial charge in [-0.2, -0.15) is 0 Å². The molecule has 2 N–H and O–H groups in total. The van der Waals surface area contributed by atoms with Crippen molar-refractivity contribution in [1.29, 1.82) is 0 Å². The Bertz CT molecular complexity index is 1130. The fourth-order valence-corrected chi connectivity index (χ4v) is 4.73. The van der Waals surface area contributed by atoms with Crippen molar-refractivity contribution in [2.75, 3.05) is 5.75 Å². The Kier molecular flexibility index (Phi) is 6.31. The zero-order valence-electron chi connectivity index (χ0n) is 17.2. The number of carbonyl (C=O) groups excluding carboxylic acids is 3. The van der Waals surface area contributed by atoms with Gasteiger partial charge in [0, 0.05) is 12.1 Å². The second-order valence-electron chi connectivity index (χ2n) is 7.41. The average Bonchev–Trinajstić information content (AvgIpc) is 2.81. The highest BCUT2D eigenvalue weighted by atomic mass is 32.2. The first kappa shape index (κ1) is 22.3. The molecule has 0 spiro atoms. The highest BCUT2D eigenvalue weighted by molar-refractivity contribution is 8.00. The smallest absolute Gasteiger partial charge is 0.358 e. The first-order valence-corrected chi connectivity index (χ1v) is 11.0. The van der Waals surface area contributed by atoms with Crippen molar-refractivity contribution < 1.29 is 29.2 Å². The molecule has 1 saturated heterocycles. The van der Waals surface area contributed by atoms with E-state index in [0.717, 1.165) is 10.5 Å². The van der Waals surface area contributed by atoms with Gasteiger partial charge in [0.05, 0.1) is 17.1 Å². The number of rotatable bonds is 7. The number of non-ortho nitro benzene ring substituents is 1. The lowest BCUT2D eigenvalue weighted by Crippen LogP contribution is -2.70. The van der Waals surface area contributed by atoms with E-state index in [1.54, 1.807) is 0 Å². The van der Waals surface area contributed by atoms with Gasteiger partial charge < -0.3 is 15.2 Å². The number of β-lactam (4-membered cyclic amide) rings is 1. The minimum absolute atomic E-state index is 0.0848. The number of esters is 1. The van der Waals surface area contributed by atoms with Crippen LogP contribution in [0.25, 0.3) is 0 Å². The maximum atomic E-state index is 12.7. The van der Waals surface area contributed by atoms with Gasteiger partial charge in [-0.1, -0.05) is 30.3 Å². The van der Waals surface area contributed by atoms with E-state index < -0.39 is 28.2 Å². The monoisotopic (exact) mass is 469 g/mol. The van der Waals surface area contributed by atoms with Crippen molar-refractivity contribution in [3.05, 3.63) is 87.3 Å². The summed E-state index contributed by atoms with van der Waals surface area (Å²) in [5, 5.41) is 23.1. The van der Waals surface area contributed by atoms with Crippen LogP contribution in [0, 0.1) is 10.1 Å². The number of nitro benzene ring substituents is 1. The Morgan fingerprint density at radius 2 is 1.85 bits per heavy atom. The number of nitrogens with zero attached hydrogens (tertiary/aromatic N) is 2. The third-order valence-corrected chi connectivity index (χ3v) is 6.45. The van der Waals surface area contributed by atoms with Crippen LogP contribution in [0.5, 0.6) is 0 Å². The molecule has 0 radical (unpaired) electrons. The molecule has 2 atom stereocenters. The largest absolute Gasteiger partial charge is 0.509 e. The van der Waals surface area contributed by atoms with Crippen LogP contribution in [0.4, 0.5) is 5.69 Å². The molecule has 0 bridgehead atoms. The van der Waals surface area contributed by atoms with Gasteiger partial charge >= 0.3 is 5.97 Å². The Balaban J connectivity index is 1.37. The number of aliphatic hydroxyl groups excluding tert-OH is 1. The molecule has 2 aromatic rings. The lowest BCUT2D eigenvalue weighted by molar-refractivity contribution is -0.384. The van der Waals surface area contributed by atoms with Gasteiger partial charge in [-0.05, 0) is 23.3 Å². The standard InChI is InChI=1S/C22H19N3O7S/c26-16-12-33-21-18(23-17(27)10-13-4-2-1-3-5-13)20(28)24(21)19(16)22(29)32-11-14-6-8-15(9-7-14)25(30)31/h1-9,18,21,26H,10-12H2,(H,23,27)/t18-,21-/m1/s1. The maximum absolute atomic E-state index is 12.7. The minimum atomic E-state index is -0.890. The molecular formula is C22H19N3O7S. The Morgan fingerprint density at radius 1 is 1.15 bits per heavy atom. The molecule has 0 aliphatic carbocycles. The normalized spacial score (nSPS) is 19.4. The second kappa shape index (κ2) is 9.33. The first-order chi connectivity index (χ1) is 15.8. The van der Waals surface area contributed by atoms with E-state index >= 15 is 0 Å². The molecule has 2 aromatic carbocycles. The predicted molar refractivity (Wildman–Crippen MR) is 118 cm³/mol. The molecule has 4 rings (SSSR count). The maximum Gasteiger partial charge on any atom is 0.358 e. The van der Waals surface area contributed by atoms with Crippen molar-refractivity contribution in [2.24, 2.45) is 0 Å². The summed E-state index contributed by atoms with van der Waals surface area (Å²) in [6.45, 7) is -0.190. The van der Waals surface area contributed by atoms with Gasteiger partial charge in [0.15, 0.2) is 5.70 Å². The second-order valence-corrected chi connectivity index (χ2v) is 8.52. The summed E-state index contributed by atoms with van der Waals surface area (Å²) in [6, 6.07) is 13.8. The van der Waals surface area contributed by atoms with Crippen LogP contribution >= 0.6 is 11.8 Å². The number of aliphatic hydroxyl groups is 1. The van der Waals surface area contributed by atoms with E-state index in [9.17, 15) is 29.6 Å². The highest BCUT2D eigenvalue weighted by Crippen LogP contribution is 2.40. The highest BCUT2D eigenvalue weighted by Gasteiger charge is 2.54. The molecular weight excluding hydrogens is 450 g/mol. The summed E-state index contributed by atoms with van der Waals surface area (Å²) in [4.78, 5) is 49.0. The van der Waals surface area contributed by atoms with Crippen molar-refractivity contribution >= 4 is 35.2 Å². The molecule has 2 aliphatic rings. The Morgan fingerprint density at radius 3 is 2.52 bits per heavy atom. The molecule has 0 unspecified atom stereocenters. The molecule has 2 amide bonds.